The molecule has 3 N–H and O–H groups in total. The Hall–Kier alpha value is -2.24. The zero-order valence-electron chi connectivity index (χ0n) is 14.8. The van der Waals surface area contributed by atoms with E-state index in [4.69, 9.17) is 4.74 Å². The highest BCUT2D eigenvalue weighted by atomic mass is 16.5. The van der Waals surface area contributed by atoms with Gasteiger partial charge in [-0.05, 0) is 61.8 Å². The van der Waals surface area contributed by atoms with Crippen molar-refractivity contribution in [2.45, 2.75) is 50.5 Å². The molecular weight excluding hydrogens is 318 g/mol. The Kier molecular flexibility index (Phi) is 5.79. The number of aryl methyl sites for hydroxylation is 1. The SMILES string of the molecule is COc1ccc2c(c1)CCCC2CNC(=O)NC1CCCCNC1=O. The highest BCUT2D eigenvalue weighted by molar-refractivity contribution is 5.87. The van der Waals surface area contributed by atoms with Gasteiger partial charge in [0, 0.05) is 19.0 Å². The van der Waals surface area contributed by atoms with Crippen molar-refractivity contribution in [1.29, 1.82) is 0 Å². The van der Waals surface area contributed by atoms with Gasteiger partial charge in [0.2, 0.25) is 5.91 Å². The normalized spacial score (nSPS) is 23.0. The third-order valence-electron chi connectivity index (χ3n) is 5.14. The Balaban J connectivity index is 1.55. The van der Waals surface area contributed by atoms with E-state index >= 15 is 0 Å². The predicted octanol–water partition coefficient (Wildman–Crippen LogP) is 2.08. The second kappa shape index (κ2) is 8.23. The number of methoxy groups -OCH3 is 1. The van der Waals surface area contributed by atoms with Crippen molar-refractivity contribution in [3.05, 3.63) is 29.3 Å². The fourth-order valence-electron chi connectivity index (χ4n) is 3.73. The molecule has 3 rings (SSSR count). The van der Waals surface area contributed by atoms with Gasteiger partial charge in [0.25, 0.3) is 0 Å². The number of ether oxygens (including phenoxy) is 1. The standard InChI is InChI=1S/C19H27N3O3/c1-25-15-8-9-16-13(11-15)5-4-6-14(16)12-21-19(24)22-17-7-2-3-10-20-18(17)23/h8-9,11,14,17H,2-7,10,12H2,1H3,(H,20,23)(H2,21,22,24). The van der Waals surface area contributed by atoms with Crippen LogP contribution < -0.4 is 20.7 Å². The highest BCUT2D eigenvalue weighted by Crippen LogP contribution is 2.33. The van der Waals surface area contributed by atoms with E-state index in [1.54, 1.807) is 7.11 Å². The van der Waals surface area contributed by atoms with Gasteiger partial charge in [-0.2, -0.15) is 0 Å². The number of hydrogen-bond donors (Lipinski definition) is 3. The van der Waals surface area contributed by atoms with Crippen molar-refractivity contribution in [3.8, 4) is 5.75 Å². The minimum atomic E-state index is -0.426. The molecule has 1 saturated heterocycles. The molecular formula is C19H27N3O3. The molecule has 0 aromatic heterocycles. The fourth-order valence-corrected chi connectivity index (χ4v) is 3.73. The summed E-state index contributed by atoms with van der Waals surface area (Å²) in [5.41, 5.74) is 2.60. The molecule has 6 heteroatoms. The Morgan fingerprint density at radius 2 is 2.16 bits per heavy atom. The third kappa shape index (κ3) is 4.44. The molecule has 3 amide bonds. The number of rotatable bonds is 4. The van der Waals surface area contributed by atoms with Crippen LogP contribution in [0.1, 0.15) is 49.1 Å². The van der Waals surface area contributed by atoms with Crippen LogP contribution in [-0.2, 0) is 11.2 Å². The molecule has 2 unspecified atom stereocenters. The summed E-state index contributed by atoms with van der Waals surface area (Å²) in [6.07, 6.45) is 5.83. The molecule has 136 valence electrons. The van der Waals surface area contributed by atoms with E-state index in [1.807, 2.05) is 6.07 Å². The fraction of sp³-hybridized carbons (Fsp3) is 0.579. The van der Waals surface area contributed by atoms with Gasteiger partial charge in [-0.1, -0.05) is 6.07 Å². The largest absolute Gasteiger partial charge is 0.497 e. The van der Waals surface area contributed by atoms with Crippen LogP contribution in [0.25, 0.3) is 0 Å². The van der Waals surface area contributed by atoms with Gasteiger partial charge in [0.1, 0.15) is 11.8 Å². The first-order chi connectivity index (χ1) is 12.2. The van der Waals surface area contributed by atoms with Crippen molar-refractivity contribution in [1.82, 2.24) is 16.0 Å². The van der Waals surface area contributed by atoms with Crippen LogP contribution in [-0.4, -0.2) is 38.2 Å². The summed E-state index contributed by atoms with van der Waals surface area (Å²) in [5, 5.41) is 8.59. The van der Waals surface area contributed by atoms with Crippen molar-refractivity contribution in [2.75, 3.05) is 20.2 Å². The average Bonchev–Trinajstić information content (AvgIpc) is 2.83. The van der Waals surface area contributed by atoms with Gasteiger partial charge in [-0.15, -0.1) is 0 Å². The summed E-state index contributed by atoms with van der Waals surface area (Å²) in [5.74, 6) is 1.11. The Labute approximate surface area is 148 Å². The lowest BCUT2D eigenvalue weighted by atomic mass is 9.82. The van der Waals surface area contributed by atoms with Gasteiger partial charge in [0.15, 0.2) is 0 Å². The van der Waals surface area contributed by atoms with Crippen LogP contribution >= 0.6 is 0 Å². The molecule has 6 nitrogen and oxygen atoms in total. The van der Waals surface area contributed by atoms with E-state index in [2.05, 4.69) is 28.1 Å². The Bertz CT molecular complexity index is 632. The maximum Gasteiger partial charge on any atom is 0.315 e. The molecule has 0 radical (unpaired) electrons. The first-order valence-electron chi connectivity index (χ1n) is 9.16. The second-order valence-electron chi connectivity index (χ2n) is 6.85. The van der Waals surface area contributed by atoms with E-state index in [0.29, 0.717) is 25.4 Å². The topological polar surface area (TPSA) is 79.5 Å². The molecule has 25 heavy (non-hydrogen) atoms. The summed E-state index contributed by atoms with van der Waals surface area (Å²) in [7, 11) is 1.68. The quantitative estimate of drug-likeness (QED) is 0.782. The zero-order chi connectivity index (χ0) is 17.6. The molecule has 1 heterocycles. The first-order valence-corrected chi connectivity index (χ1v) is 9.16. The summed E-state index contributed by atoms with van der Waals surface area (Å²) in [6.45, 7) is 1.28. The monoisotopic (exact) mass is 345 g/mol. The molecule has 0 bridgehead atoms. The first kappa shape index (κ1) is 17.6. The Morgan fingerprint density at radius 1 is 1.28 bits per heavy atom. The number of amides is 3. The maximum atomic E-state index is 12.2. The summed E-state index contributed by atoms with van der Waals surface area (Å²) in [4.78, 5) is 24.1. The highest BCUT2D eigenvalue weighted by Gasteiger charge is 2.24. The minimum absolute atomic E-state index is 0.0808. The van der Waals surface area contributed by atoms with Gasteiger partial charge in [-0.3, -0.25) is 4.79 Å². The molecule has 1 aromatic rings. The van der Waals surface area contributed by atoms with Crippen molar-refractivity contribution >= 4 is 11.9 Å². The van der Waals surface area contributed by atoms with E-state index in [0.717, 1.165) is 37.9 Å². The van der Waals surface area contributed by atoms with Crippen LogP contribution in [0.15, 0.2) is 18.2 Å². The summed E-state index contributed by atoms with van der Waals surface area (Å²) >= 11 is 0. The van der Waals surface area contributed by atoms with Crippen LogP contribution in [0.4, 0.5) is 4.79 Å². The lowest BCUT2D eigenvalue weighted by Gasteiger charge is -2.26. The second-order valence-corrected chi connectivity index (χ2v) is 6.85. The average molecular weight is 345 g/mol. The predicted molar refractivity (Wildman–Crippen MR) is 95.9 cm³/mol. The number of hydrogen-bond acceptors (Lipinski definition) is 3. The van der Waals surface area contributed by atoms with Crippen LogP contribution in [0, 0.1) is 0 Å². The van der Waals surface area contributed by atoms with Gasteiger partial charge in [0.05, 0.1) is 7.11 Å². The molecule has 2 atom stereocenters. The lowest BCUT2D eigenvalue weighted by Crippen LogP contribution is -2.49. The number of carbonyl (C=O) groups excluding carboxylic acids is 2. The smallest absolute Gasteiger partial charge is 0.315 e. The summed E-state index contributed by atoms with van der Waals surface area (Å²) in [6, 6.07) is 5.49. The summed E-state index contributed by atoms with van der Waals surface area (Å²) < 4.78 is 5.30. The molecule has 2 aliphatic rings. The van der Waals surface area contributed by atoms with Crippen LogP contribution in [0.5, 0.6) is 5.75 Å². The van der Waals surface area contributed by atoms with E-state index in [1.165, 1.54) is 11.1 Å². The number of benzene rings is 1. The van der Waals surface area contributed by atoms with Crippen molar-refractivity contribution in [3.63, 3.8) is 0 Å². The van der Waals surface area contributed by atoms with Gasteiger partial charge in [-0.25, -0.2) is 4.79 Å². The van der Waals surface area contributed by atoms with Crippen LogP contribution in [0.3, 0.4) is 0 Å². The van der Waals surface area contributed by atoms with E-state index < -0.39 is 6.04 Å². The molecule has 1 aliphatic heterocycles. The zero-order valence-corrected chi connectivity index (χ0v) is 14.8. The molecule has 0 spiro atoms. The van der Waals surface area contributed by atoms with Gasteiger partial charge >= 0.3 is 6.03 Å². The maximum absolute atomic E-state index is 12.2. The Morgan fingerprint density at radius 3 is 3.00 bits per heavy atom. The molecule has 1 fully saturated rings. The number of urea groups is 1. The van der Waals surface area contributed by atoms with E-state index in [9.17, 15) is 9.59 Å². The van der Waals surface area contributed by atoms with E-state index in [-0.39, 0.29) is 11.9 Å². The molecule has 0 saturated carbocycles. The van der Waals surface area contributed by atoms with Crippen molar-refractivity contribution in [2.24, 2.45) is 0 Å². The lowest BCUT2D eigenvalue weighted by molar-refractivity contribution is -0.122. The molecule has 1 aromatic carbocycles. The van der Waals surface area contributed by atoms with Crippen molar-refractivity contribution < 1.29 is 14.3 Å². The molecule has 1 aliphatic carbocycles. The number of carbonyl (C=O) groups is 2. The minimum Gasteiger partial charge on any atom is -0.497 e. The van der Waals surface area contributed by atoms with Crippen LogP contribution in [0.2, 0.25) is 0 Å². The van der Waals surface area contributed by atoms with Gasteiger partial charge < -0.3 is 20.7 Å². The third-order valence-corrected chi connectivity index (χ3v) is 5.14. The number of nitrogens with one attached hydrogen (secondary N) is 3. The number of fused-ring (bicyclic) bond motifs is 1.